The van der Waals surface area contributed by atoms with E-state index in [-0.39, 0.29) is 6.61 Å². The fraction of sp³-hybridized carbons (Fsp3) is 0.442. The van der Waals surface area contributed by atoms with Crippen LogP contribution >= 0.6 is 11.6 Å². The average molecular weight is 707 g/mol. The van der Waals surface area contributed by atoms with Gasteiger partial charge in [-0.1, -0.05) is 54.8 Å². The third-order valence-electron chi connectivity index (χ3n) is 10.5. The number of aromatic nitrogens is 1. The zero-order valence-electron chi connectivity index (χ0n) is 30.4. The largest absolute Gasteiger partial charge is 0.493 e. The van der Waals surface area contributed by atoms with Gasteiger partial charge in [-0.25, -0.2) is 0 Å². The van der Waals surface area contributed by atoms with Crippen LogP contribution in [0.4, 0.5) is 0 Å². The van der Waals surface area contributed by atoms with Crippen LogP contribution in [0.1, 0.15) is 85.3 Å². The monoisotopic (exact) mass is 706 g/mol. The normalized spacial score (nSPS) is 16.8. The Morgan fingerprint density at radius 2 is 1.57 bits per heavy atom. The first-order valence-corrected chi connectivity index (χ1v) is 19.0. The molecular weight excluding hydrogens is 656 g/mol. The van der Waals surface area contributed by atoms with Gasteiger partial charge in [-0.3, -0.25) is 9.88 Å². The predicted molar refractivity (Wildman–Crippen MR) is 205 cm³/mol. The van der Waals surface area contributed by atoms with Crippen molar-refractivity contribution in [3.8, 4) is 34.4 Å². The Balaban J connectivity index is 1.15. The summed E-state index contributed by atoms with van der Waals surface area (Å²) in [6.07, 6.45) is 11.9. The van der Waals surface area contributed by atoms with Crippen LogP contribution in [0.3, 0.4) is 0 Å². The Labute approximate surface area is 309 Å². The van der Waals surface area contributed by atoms with Crippen molar-refractivity contribution in [1.82, 2.24) is 14.8 Å². The van der Waals surface area contributed by atoms with Gasteiger partial charge in [0.1, 0.15) is 36.5 Å². The van der Waals surface area contributed by atoms with Crippen molar-refractivity contribution < 1.29 is 14.2 Å². The summed E-state index contributed by atoms with van der Waals surface area (Å²) < 4.78 is 19.2. The van der Waals surface area contributed by atoms with Gasteiger partial charge < -0.3 is 19.1 Å². The van der Waals surface area contributed by atoms with Gasteiger partial charge in [0.25, 0.3) is 0 Å². The lowest BCUT2D eigenvalue weighted by Crippen LogP contribution is -2.38. The molecule has 0 amide bonds. The quantitative estimate of drug-likeness (QED) is 0.121. The van der Waals surface area contributed by atoms with Gasteiger partial charge in [-0.2, -0.15) is 5.26 Å². The van der Waals surface area contributed by atoms with Gasteiger partial charge in [-0.05, 0) is 119 Å². The van der Waals surface area contributed by atoms with Gasteiger partial charge in [-0.15, -0.1) is 0 Å². The van der Waals surface area contributed by atoms with Crippen molar-refractivity contribution in [3.05, 3.63) is 105 Å². The maximum atomic E-state index is 9.33. The third-order valence-corrected chi connectivity index (χ3v) is 10.8. The summed E-state index contributed by atoms with van der Waals surface area (Å²) in [5, 5.41) is 9.89. The molecule has 0 aliphatic carbocycles. The molecule has 4 aromatic rings. The molecule has 51 heavy (non-hydrogen) atoms. The Morgan fingerprint density at radius 3 is 2.37 bits per heavy atom. The van der Waals surface area contributed by atoms with E-state index in [4.69, 9.17) is 25.8 Å². The highest BCUT2D eigenvalue weighted by atomic mass is 35.5. The molecule has 0 bridgehead atoms. The molecule has 0 radical (unpaired) electrons. The maximum absolute atomic E-state index is 9.33. The van der Waals surface area contributed by atoms with E-state index in [0.717, 1.165) is 71.9 Å². The SMILES string of the molecule is Cc1c(COc2cc(OCc3cncc(C#N)c3)c(CN3CCCCC3)cc2Cl)cccc1-c1cccc(OCCCN2CCCCC2C)c1C. The van der Waals surface area contributed by atoms with Crippen molar-refractivity contribution >= 4 is 11.6 Å². The molecule has 268 valence electrons. The van der Waals surface area contributed by atoms with Crippen molar-refractivity contribution in [2.24, 2.45) is 0 Å². The van der Waals surface area contributed by atoms with Crippen LogP contribution in [-0.4, -0.2) is 53.6 Å². The number of pyridine rings is 1. The van der Waals surface area contributed by atoms with Crippen molar-refractivity contribution in [3.63, 3.8) is 0 Å². The maximum Gasteiger partial charge on any atom is 0.142 e. The Hall–Kier alpha value is -4.09. The fourth-order valence-electron chi connectivity index (χ4n) is 7.38. The first-order chi connectivity index (χ1) is 24.9. The molecular formula is C43H51ClN4O3. The van der Waals surface area contributed by atoms with Gasteiger partial charge in [0.05, 0.1) is 17.2 Å². The topological polar surface area (TPSA) is 70.8 Å². The molecule has 1 atom stereocenters. The predicted octanol–water partition coefficient (Wildman–Crippen LogP) is 9.68. The molecule has 1 aromatic heterocycles. The first kappa shape index (κ1) is 36.7. The Kier molecular flexibility index (Phi) is 12.9. The fourth-order valence-corrected chi connectivity index (χ4v) is 7.62. The van der Waals surface area contributed by atoms with Gasteiger partial charge >= 0.3 is 0 Å². The van der Waals surface area contributed by atoms with Crippen LogP contribution in [0.25, 0.3) is 11.1 Å². The minimum atomic E-state index is 0.289. The van der Waals surface area contributed by atoms with Crippen LogP contribution in [0.5, 0.6) is 17.2 Å². The molecule has 0 saturated carbocycles. The third kappa shape index (κ3) is 9.62. The number of likely N-dealkylation sites (tertiary alicyclic amines) is 2. The smallest absolute Gasteiger partial charge is 0.142 e. The highest BCUT2D eigenvalue weighted by molar-refractivity contribution is 6.32. The summed E-state index contributed by atoms with van der Waals surface area (Å²) in [7, 11) is 0. The molecule has 1 unspecified atom stereocenters. The summed E-state index contributed by atoms with van der Waals surface area (Å²) in [6.45, 7) is 13.2. The molecule has 6 rings (SSSR count). The number of nitriles is 1. The van der Waals surface area contributed by atoms with Crippen LogP contribution in [0.15, 0.2) is 67.0 Å². The lowest BCUT2D eigenvalue weighted by Gasteiger charge is -2.33. The van der Waals surface area contributed by atoms with E-state index in [1.54, 1.807) is 18.5 Å². The number of ether oxygens (including phenoxy) is 3. The molecule has 2 aliphatic rings. The van der Waals surface area contributed by atoms with Crippen LogP contribution < -0.4 is 14.2 Å². The summed E-state index contributed by atoms with van der Waals surface area (Å²) in [5.41, 5.74) is 8.10. The number of benzene rings is 3. The van der Waals surface area contributed by atoms with Crippen LogP contribution in [0, 0.1) is 25.2 Å². The number of hydrogen-bond acceptors (Lipinski definition) is 7. The highest BCUT2D eigenvalue weighted by Gasteiger charge is 2.19. The van der Waals surface area contributed by atoms with Crippen molar-refractivity contribution in [2.75, 3.05) is 32.8 Å². The zero-order chi connectivity index (χ0) is 35.6. The van der Waals surface area contributed by atoms with Gasteiger partial charge in [0.15, 0.2) is 0 Å². The van der Waals surface area contributed by atoms with E-state index in [1.807, 2.05) is 12.1 Å². The lowest BCUT2D eigenvalue weighted by molar-refractivity contribution is 0.148. The zero-order valence-corrected chi connectivity index (χ0v) is 31.2. The Bertz CT molecular complexity index is 1820. The van der Waals surface area contributed by atoms with E-state index < -0.39 is 0 Å². The second-order valence-electron chi connectivity index (χ2n) is 14.1. The van der Waals surface area contributed by atoms with Crippen LogP contribution in [0.2, 0.25) is 5.02 Å². The molecule has 0 N–H and O–H groups in total. The molecule has 2 aliphatic heterocycles. The number of nitrogens with zero attached hydrogens (tertiary/aromatic N) is 4. The second kappa shape index (κ2) is 17.9. The summed E-state index contributed by atoms with van der Waals surface area (Å²) in [4.78, 5) is 9.25. The molecule has 3 heterocycles. The molecule has 7 nitrogen and oxygen atoms in total. The molecule has 2 fully saturated rings. The average Bonchev–Trinajstić information content (AvgIpc) is 3.15. The number of piperidine rings is 2. The molecule has 3 aromatic carbocycles. The van der Waals surface area contributed by atoms with Gasteiger partial charge in [0, 0.05) is 48.7 Å². The second-order valence-corrected chi connectivity index (χ2v) is 14.5. The van der Waals surface area contributed by atoms with E-state index in [1.165, 1.54) is 56.2 Å². The molecule has 8 heteroatoms. The summed E-state index contributed by atoms with van der Waals surface area (Å²) in [6, 6.07) is 21.3. The van der Waals surface area contributed by atoms with E-state index in [9.17, 15) is 5.26 Å². The molecule has 0 spiro atoms. The number of halogens is 1. The van der Waals surface area contributed by atoms with E-state index in [0.29, 0.717) is 35.6 Å². The first-order valence-electron chi connectivity index (χ1n) is 18.6. The standard InChI is InChI=1S/C43H51ClN4O3/c1-31-12-5-8-19-48(31)20-11-21-49-41-16-10-15-39(33(41)3)38-14-9-13-36(32(38)2)30-51-43-24-42(50-29-35-22-34(25-45)26-46-27-35)37(23-40(43)44)28-47-17-6-4-7-18-47/h9-10,13-16,22-24,26-27,31H,4-8,11-12,17-21,28-30H2,1-3H3. The lowest BCUT2D eigenvalue weighted by atomic mass is 9.93. The van der Waals surface area contributed by atoms with E-state index in [2.05, 4.69) is 78.0 Å². The summed E-state index contributed by atoms with van der Waals surface area (Å²) >= 11 is 6.89. The van der Waals surface area contributed by atoms with E-state index >= 15 is 0 Å². The van der Waals surface area contributed by atoms with Crippen molar-refractivity contribution in [2.45, 2.75) is 91.5 Å². The van der Waals surface area contributed by atoms with Gasteiger partial charge in [0.2, 0.25) is 0 Å². The summed E-state index contributed by atoms with van der Waals surface area (Å²) in [5.74, 6) is 2.25. The molecule has 2 saturated heterocycles. The highest BCUT2D eigenvalue weighted by Crippen LogP contribution is 2.37. The minimum Gasteiger partial charge on any atom is -0.493 e. The van der Waals surface area contributed by atoms with Crippen LogP contribution in [-0.2, 0) is 19.8 Å². The Morgan fingerprint density at radius 1 is 0.804 bits per heavy atom. The number of hydrogen-bond donors (Lipinski definition) is 0. The minimum absolute atomic E-state index is 0.289. The van der Waals surface area contributed by atoms with Crippen molar-refractivity contribution in [1.29, 1.82) is 5.26 Å². The number of rotatable bonds is 14.